The molecule has 0 radical (unpaired) electrons. The highest BCUT2D eigenvalue weighted by Gasteiger charge is 2.19. The van der Waals surface area contributed by atoms with Gasteiger partial charge in [-0.1, -0.05) is 36.3 Å². The van der Waals surface area contributed by atoms with Gasteiger partial charge in [0.2, 0.25) is 15.2 Å². The molecule has 2 rings (SSSR count). The molecule has 2 N–H and O–H groups in total. The zero-order chi connectivity index (χ0) is 17.7. The zero-order valence-electron chi connectivity index (χ0n) is 13.2. The molecule has 130 valence electrons. The average Bonchev–Trinajstić information content (AvgIpc) is 3.00. The fourth-order valence-electron chi connectivity index (χ4n) is 1.86. The number of carbonyl (C=O) groups excluding carboxylic acids is 1. The fraction of sp³-hybridized carbons (Fsp3) is 0.357. The number of hydrogen-bond acceptors (Lipinski definition) is 6. The van der Waals surface area contributed by atoms with Crippen LogP contribution >= 0.6 is 22.9 Å². The van der Waals surface area contributed by atoms with Crippen LogP contribution < -0.4 is 10.0 Å². The summed E-state index contributed by atoms with van der Waals surface area (Å²) in [6, 6.07) is 4.04. The van der Waals surface area contributed by atoms with Crippen molar-refractivity contribution in [2.45, 2.75) is 31.1 Å². The summed E-state index contributed by atoms with van der Waals surface area (Å²) < 4.78 is 26.0. The molecule has 24 heavy (non-hydrogen) atoms. The van der Waals surface area contributed by atoms with Gasteiger partial charge in [0, 0.05) is 12.0 Å². The summed E-state index contributed by atoms with van der Waals surface area (Å²) in [5, 5.41) is 11.8. The first-order valence-electron chi connectivity index (χ1n) is 7.24. The Morgan fingerprint density at radius 1 is 1.33 bits per heavy atom. The van der Waals surface area contributed by atoms with Gasteiger partial charge in [0.25, 0.3) is 5.91 Å². The number of aromatic nitrogens is 2. The number of amides is 1. The summed E-state index contributed by atoms with van der Waals surface area (Å²) in [6.07, 6.45) is 2.87. The Bertz CT molecular complexity index is 836. The highest BCUT2D eigenvalue weighted by Crippen LogP contribution is 2.23. The van der Waals surface area contributed by atoms with E-state index >= 15 is 0 Å². The lowest BCUT2D eigenvalue weighted by molar-refractivity contribution is 0.102. The Hall–Kier alpha value is -1.55. The van der Waals surface area contributed by atoms with Crippen molar-refractivity contribution in [2.24, 2.45) is 0 Å². The van der Waals surface area contributed by atoms with E-state index in [9.17, 15) is 13.2 Å². The third-order valence-electron chi connectivity index (χ3n) is 3.18. The lowest BCUT2D eigenvalue weighted by Crippen LogP contribution is -2.20. The summed E-state index contributed by atoms with van der Waals surface area (Å²) in [6.45, 7) is 2.08. The number of nitrogens with zero attached hydrogens (tertiary/aromatic N) is 2. The molecule has 10 heteroatoms. The van der Waals surface area contributed by atoms with Gasteiger partial charge in [-0.05, 0) is 31.7 Å². The number of rotatable bonds is 7. The summed E-state index contributed by atoms with van der Waals surface area (Å²) in [4.78, 5) is 12.1. The third kappa shape index (κ3) is 4.50. The third-order valence-corrected chi connectivity index (χ3v) is 5.98. The van der Waals surface area contributed by atoms with Crippen molar-refractivity contribution in [1.82, 2.24) is 14.9 Å². The van der Waals surface area contributed by atoms with Crippen molar-refractivity contribution in [2.75, 3.05) is 12.4 Å². The van der Waals surface area contributed by atoms with Crippen molar-refractivity contribution >= 4 is 44.0 Å². The van der Waals surface area contributed by atoms with Crippen LogP contribution in [0.25, 0.3) is 0 Å². The van der Waals surface area contributed by atoms with Crippen molar-refractivity contribution in [3.05, 3.63) is 33.8 Å². The normalized spacial score (nSPS) is 11.5. The van der Waals surface area contributed by atoms with Crippen molar-refractivity contribution < 1.29 is 13.2 Å². The van der Waals surface area contributed by atoms with Crippen molar-refractivity contribution in [3.8, 4) is 0 Å². The highest BCUT2D eigenvalue weighted by atomic mass is 35.5. The van der Waals surface area contributed by atoms with E-state index in [0.29, 0.717) is 5.13 Å². The molecule has 0 saturated heterocycles. The molecule has 7 nitrogen and oxygen atoms in total. The molecule has 0 atom stereocenters. The summed E-state index contributed by atoms with van der Waals surface area (Å²) in [7, 11) is -2.48. The van der Waals surface area contributed by atoms with E-state index in [2.05, 4.69) is 27.2 Å². The van der Waals surface area contributed by atoms with Gasteiger partial charge in [-0.15, -0.1) is 10.2 Å². The molecule has 0 spiro atoms. The minimum Gasteiger partial charge on any atom is -0.296 e. The molecular weight excluding hydrogens is 372 g/mol. The maximum atomic E-state index is 12.3. The number of aryl methyl sites for hydroxylation is 1. The van der Waals surface area contributed by atoms with Crippen LogP contribution in [0.1, 0.15) is 35.1 Å². The number of carbonyl (C=O) groups is 1. The predicted molar refractivity (Wildman–Crippen MR) is 94.2 cm³/mol. The molecule has 0 aliphatic rings. The van der Waals surface area contributed by atoms with Crippen LogP contribution in [0.15, 0.2) is 23.1 Å². The van der Waals surface area contributed by atoms with Crippen LogP contribution in [0.5, 0.6) is 0 Å². The molecule has 0 aliphatic heterocycles. The molecule has 0 bridgehead atoms. The standard InChI is InChI=1S/C14H17ClN4O3S2/c1-3-4-5-12-18-19-14(23-12)17-13(20)9-6-7-10(15)11(8-9)24(21,22)16-2/h6-8,16H,3-5H2,1-2H3,(H,17,19,20). The van der Waals surface area contributed by atoms with E-state index in [4.69, 9.17) is 11.6 Å². The SMILES string of the molecule is CCCCc1nnc(NC(=O)c2ccc(Cl)c(S(=O)(=O)NC)c2)s1. The number of hydrogen-bond donors (Lipinski definition) is 2. The lowest BCUT2D eigenvalue weighted by Gasteiger charge is -2.07. The van der Waals surface area contributed by atoms with Crippen LogP contribution in [-0.4, -0.2) is 31.6 Å². The Morgan fingerprint density at radius 2 is 2.08 bits per heavy atom. The number of unbranched alkanes of at least 4 members (excludes halogenated alkanes) is 1. The first kappa shape index (κ1) is 18.8. The molecule has 0 saturated carbocycles. The minimum absolute atomic E-state index is 0.0404. The first-order chi connectivity index (χ1) is 11.4. The summed E-state index contributed by atoms with van der Waals surface area (Å²) >= 11 is 7.21. The van der Waals surface area contributed by atoms with E-state index in [1.54, 1.807) is 0 Å². The van der Waals surface area contributed by atoms with Crippen LogP contribution in [0.2, 0.25) is 5.02 Å². The second kappa shape index (κ2) is 8.02. The van der Waals surface area contributed by atoms with Crippen LogP contribution in [0, 0.1) is 0 Å². The van der Waals surface area contributed by atoms with Gasteiger partial charge in [0.1, 0.15) is 9.90 Å². The minimum atomic E-state index is -3.75. The largest absolute Gasteiger partial charge is 0.296 e. The number of benzene rings is 1. The number of anilines is 1. The second-order valence-electron chi connectivity index (χ2n) is 4.91. The Labute approximate surface area is 149 Å². The van der Waals surface area contributed by atoms with Crippen molar-refractivity contribution in [1.29, 1.82) is 0 Å². The molecular formula is C14H17ClN4O3S2. The van der Waals surface area contributed by atoms with Gasteiger partial charge < -0.3 is 0 Å². The van der Waals surface area contributed by atoms with E-state index in [1.165, 1.54) is 36.6 Å². The molecule has 0 unspecified atom stereocenters. The molecule has 2 aromatic rings. The van der Waals surface area contributed by atoms with Crippen LogP contribution in [0.3, 0.4) is 0 Å². The van der Waals surface area contributed by atoms with Gasteiger partial charge in [-0.3, -0.25) is 10.1 Å². The maximum absolute atomic E-state index is 12.3. The smallest absolute Gasteiger partial charge is 0.257 e. The first-order valence-corrected chi connectivity index (χ1v) is 9.92. The molecule has 1 heterocycles. The topological polar surface area (TPSA) is 101 Å². The van der Waals surface area contributed by atoms with E-state index in [1.807, 2.05) is 0 Å². The maximum Gasteiger partial charge on any atom is 0.257 e. The van der Waals surface area contributed by atoms with Crippen LogP contribution in [-0.2, 0) is 16.4 Å². The number of sulfonamides is 1. The van der Waals surface area contributed by atoms with E-state index in [-0.39, 0.29) is 15.5 Å². The molecule has 0 fully saturated rings. The molecule has 1 amide bonds. The van der Waals surface area contributed by atoms with Gasteiger partial charge in [0.15, 0.2) is 0 Å². The second-order valence-corrected chi connectivity index (χ2v) is 8.24. The summed E-state index contributed by atoms with van der Waals surface area (Å²) in [5.74, 6) is -0.475. The average molecular weight is 389 g/mol. The van der Waals surface area contributed by atoms with E-state index < -0.39 is 15.9 Å². The number of nitrogens with one attached hydrogen (secondary N) is 2. The van der Waals surface area contributed by atoms with Gasteiger partial charge in [-0.2, -0.15) is 0 Å². The fourth-order valence-corrected chi connectivity index (χ4v) is 3.89. The quantitative estimate of drug-likeness (QED) is 0.759. The Kier molecular flexibility index (Phi) is 6.27. The van der Waals surface area contributed by atoms with Crippen LogP contribution in [0.4, 0.5) is 5.13 Å². The molecule has 1 aromatic heterocycles. The zero-order valence-corrected chi connectivity index (χ0v) is 15.6. The molecule has 0 aliphatic carbocycles. The number of halogens is 1. The van der Waals surface area contributed by atoms with Gasteiger partial charge >= 0.3 is 0 Å². The monoisotopic (exact) mass is 388 g/mol. The predicted octanol–water partition coefficient (Wildman–Crippen LogP) is 2.69. The van der Waals surface area contributed by atoms with Gasteiger partial charge in [0.05, 0.1) is 5.02 Å². The lowest BCUT2D eigenvalue weighted by atomic mass is 10.2. The van der Waals surface area contributed by atoms with E-state index in [0.717, 1.165) is 24.3 Å². The Balaban J connectivity index is 2.18. The summed E-state index contributed by atoms with van der Waals surface area (Å²) in [5.41, 5.74) is 0.165. The Morgan fingerprint density at radius 3 is 2.75 bits per heavy atom. The van der Waals surface area contributed by atoms with Crippen molar-refractivity contribution in [3.63, 3.8) is 0 Å². The van der Waals surface area contributed by atoms with Gasteiger partial charge in [-0.25, -0.2) is 13.1 Å². The highest BCUT2D eigenvalue weighted by molar-refractivity contribution is 7.89. The molecule has 1 aromatic carbocycles.